The molecule has 28 heavy (non-hydrogen) atoms. The minimum absolute atomic E-state index is 0.0531. The number of carbonyl (C=O) groups is 2. The molecule has 1 aromatic carbocycles. The molecule has 1 heterocycles. The molecule has 1 fully saturated rings. The van der Waals surface area contributed by atoms with Crippen molar-refractivity contribution in [2.75, 3.05) is 7.05 Å². The lowest BCUT2D eigenvalue weighted by molar-refractivity contribution is -0.160. The van der Waals surface area contributed by atoms with Crippen molar-refractivity contribution in [1.29, 1.82) is 5.26 Å². The quantitative estimate of drug-likeness (QED) is 0.793. The van der Waals surface area contributed by atoms with Crippen molar-refractivity contribution in [2.45, 2.75) is 57.1 Å². The molecular weight excluding hydrogens is 360 g/mol. The van der Waals surface area contributed by atoms with E-state index in [0.717, 1.165) is 19.3 Å². The molecule has 0 spiro atoms. The molecule has 3 rings (SSSR count). The summed E-state index contributed by atoms with van der Waals surface area (Å²) in [4.78, 5) is 26.5. The van der Waals surface area contributed by atoms with Gasteiger partial charge in [-0.2, -0.15) is 5.26 Å². The Morgan fingerprint density at radius 2 is 2.07 bits per heavy atom. The van der Waals surface area contributed by atoms with Crippen LogP contribution >= 0.6 is 0 Å². The lowest BCUT2D eigenvalue weighted by Gasteiger charge is -2.39. The second kappa shape index (κ2) is 7.93. The van der Waals surface area contributed by atoms with Gasteiger partial charge in [0, 0.05) is 24.1 Å². The molecule has 0 aliphatic heterocycles. The highest BCUT2D eigenvalue weighted by molar-refractivity contribution is 5.88. The van der Waals surface area contributed by atoms with Gasteiger partial charge in [-0.25, -0.2) is 0 Å². The molecule has 1 aromatic heterocycles. The van der Waals surface area contributed by atoms with Crippen molar-refractivity contribution < 1.29 is 23.8 Å². The topological polar surface area (TPSA) is 104 Å². The van der Waals surface area contributed by atoms with Gasteiger partial charge >= 0.3 is 5.97 Å². The van der Waals surface area contributed by atoms with Crippen LogP contribution in [0.5, 0.6) is 5.75 Å². The van der Waals surface area contributed by atoms with Crippen molar-refractivity contribution in [3.8, 4) is 11.8 Å². The third-order valence-corrected chi connectivity index (χ3v) is 5.49. The molecular formula is C21H24N2O5. The fourth-order valence-electron chi connectivity index (χ4n) is 3.80. The van der Waals surface area contributed by atoms with Crippen LogP contribution in [-0.4, -0.2) is 40.6 Å². The lowest BCUT2D eigenvalue weighted by Crippen LogP contribution is -2.53. The fraction of sp³-hybridized carbons (Fsp3) is 0.476. The Hall–Kier alpha value is -3.01. The van der Waals surface area contributed by atoms with Gasteiger partial charge in [0.1, 0.15) is 16.9 Å². The first-order valence-electron chi connectivity index (χ1n) is 9.44. The highest BCUT2D eigenvalue weighted by Crippen LogP contribution is 2.33. The summed E-state index contributed by atoms with van der Waals surface area (Å²) in [5, 5.41) is 19.8. The number of amides is 1. The van der Waals surface area contributed by atoms with E-state index in [1.165, 1.54) is 30.2 Å². The number of nitrogens with zero attached hydrogens (tertiary/aromatic N) is 2. The third kappa shape index (κ3) is 3.81. The first kappa shape index (κ1) is 19.7. The van der Waals surface area contributed by atoms with Gasteiger partial charge in [0.15, 0.2) is 6.10 Å². The molecule has 1 aliphatic rings. The van der Waals surface area contributed by atoms with Crippen LogP contribution in [0.4, 0.5) is 0 Å². The SMILES string of the molecule is C[C@@H](OC(=O)Cc1coc2cc(O)ccc12)C(=O)N(C)C1(C#N)CCCCC1. The van der Waals surface area contributed by atoms with E-state index in [1.807, 2.05) is 0 Å². The smallest absolute Gasteiger partial charge is 0.311 e. The van der Waals surface area contributed by atoms with Gasteiger partial charge in [-0.3, -0.25) is 9.59 Å². The number of esters is 1. The molecule has 7 nitrogen and oxygen atoms in total. The Balaban J connectivity index is 1.64. The van der Waals surface area contributed by atoms with E-state index in [4.69, 9.17) is 9.15 Å². The Bertz CT molecular complexity index is 921. The number of aromatic hydroxyl groups is 1. The summed E-state index contributed by atoms with van der Waals surface area (Å²) >= 11 is 0. The normalized spacial score (nSPS) is 16.9. The zero-order valence-corrected chi connectivity index (χ0v) is 16.1. The summed E-state index contributed by atoms with van der Waals surface area (Å²) in [6, 6.07) is 6.95. The van der Waals surface area contributed by atoms with E-state index in [0.29, 0.717) is 29.4 Å². The number of phenolic OH excluding ortho intramolecular Hbond substituents is 1. The number of ether oxygens (including phenoxy) is 1. The van der Waals surface area contributed by atoms with Gasteiger partial charge < -0.3 is 19.2 Å². The van der Waals surface area contributed by atoms with Gasteiger partial charge in [0.2, 0.25) is 0 Å². The predicted octanol–water partition coefficient (Wildman–Crippen LogP) is 3.30. The Morgan fingerprint density at radius 3 is 2.75 bits per heavy atom. The molecule has 7 heteroatoms. The summed E-state index contributed by atoms with van der Waals surface area (Å²) in [6.45, 7) is 1.52. The van der Waals surface area contributed by atoms with Gasteiger partial charge in [-0.15, -0.1) is 0 Å². The lowest BCUT2D eigenvalue weighted by atomic mass is 9.81. The Kier molecular flexibility index (Phi) is 5.59. The number of phenols is 1. The molecule has 1 atom stereocenters. The second-order valence-corrected chi connectivity index (χ2v) is 7.35. The van der Waals surface area contributed by atoms with Crippen LogP contribution in [-0.2, 0) is 20.7 Å². The molecule has 1 aliphatic carbocycles. The number of likely N-dealkylation sites (N-methyl/N-ethyl adjacent to an activating group) is 1. The Morgan fingerprint density at radius 1 is 1.36 bits per heavy atom. The number of hydrogen-bond donors (Lipinski definition) is 1. The first-order chi connectivity index (χ1) is 13.4. The number of benzene rings is 1. The molecule has 1 saturated carbocycles. The second-order valence-electron chi connectivity index (χ2n) is 7.35. The maximum Gasteiger partial charge on any atom is 0.311 e. The van der Waals surface area contributed by atoms with Crippen molar-refractivity contribution >= 4 is 22.8 Å². The van der Waals surface area contributed by atoms with E-state index in [1.54, 1.807) is 13.1 Å². The van der Waals surface area contributed by atoms with Crippen molar-refractivity contribution in [3.63, 3.8) is 0 Å². The summed E-state index contributed by atoms with van der Waals surface area (Å²) < 4.78 is 10.7. The number of carbonyl (C=O) groups excluding carboxylic acids is 2. The minimum Gasteiger partial charge on any atom is -0.508 e. The predicted molar refractivity (Wildman–Crippen MR) is 101 cm³/mol. The van der Waals surface area contributed by atoms with Crippen LogP contribution in [0.1, 0.15) is 44.6 Å². The third-order valence-electron chi connectivity index (χ3n) is 5.49. The van der Waals surface area contributed by atoms with Gasteiger partial charge in [0.25, 0.3) is 5.91 Å². The monoisotopic (exact) mass is 384 g/mol. The van der Waals surface area contributed by atoms with Crippen molar-refractivity contribution in [3.05, 3.63) is 30.0 Å². The van der Waals surface area contributed by atoms with Crippen LogP contribution < -0.4 is 0 Å². The summed E-state index contributed by atoms with van der Waals surface area (Å²) in [6.07, 6.45) is 4.56. The number of nitriles is 1. The standard InChI is InChI=1S/C21H24N2O5/c1-14(20(26)23(2)21(13-22)8-4-3-5-9-21)28-19(25)10-15-12-27-18-11-16(24)6-7-17(15)18/h6-7,11-12,14,24H,3-5,8-10H2,1-2H3/t14-/m1/s1. The largest absolute Gasteiger partial charge is 0.508 e. The Labute approximate surface area is 163 Å². The molecule has 0 radical (unpaired) electrons. The summed E-state index contributed by atoms with van der Waals surface area (Å²) in [5.41, 5.74) is 0.271. The fourth-order valence-corrected chi connectivity index (χ4v) is 3.80. The maximum atomic E-state index is 12.7. The zero-order chi connectivity index (χ0) is 20.3. The first-order valence-corrected chi connectivity index (χ1v) is 9.44. The number of hydrogen-bond acceptors (Lipinski definition) is 6. The zero-order valence-electron chi connectivity index (χ0n) is 16.1. The van der Waals surface area contributed by atoms with Gasteiger partial charge in [-0.05, 0) is 31.9 Å². The average molecular weight is 384 g/mol. The van der Waals surface area contributed by atoms with Crippen LogP contribution in [0.25, 0.3) is 11.0 Å². The number of rotatable bonds is 5. The number of fused-ring (bicyclic) bond motifs is 1. The van der Waals surface area contributed by atoms with E-state index < -0.39 is 17.6 Å². The van der Waals surface area contributed by atoms with E-state index in [-0.39, 0.29) is 18.1 Å². The van der Waals surface area contributed by atoms with E-state index >= 15 is 0 Å². The van der Waals surface area contributed by atoms with Crippen molar-refractivity contribution in [2.24, 2.45) is 0 Å². The van der Waals surface area contributed by atoms with Crippen molar-refractivity contribution in [1.82, 2.24) is 4.90 Å². The van der Waals surface area contributed by atoms with Crippen LogP contribution in [0.3, 0.4) is 0 Å². The summed E-state index contributed by atoms with van der Waals surface area (Å²) in [5.74, 6) is -0.856. The highest BCUT2D eigenvalue weighted by Gasteiger charge is 2.40. The molecule has 0 bridgehead atoms. The van der Waals surface area contributed by atoms with Crippen LogP contribution in [0.15, 0.2) is 28.9 Å². The molecule has 1 amide bonds. The molecule has 0 unspecified atom stereocenters. The number of furan rings is 1. The van der Waals surface area contributed by atoms with E-state index in [9.17, 15) is 20.0 Å². The van der Waals surface area contributed by atoms with Crippen LogP contribution in [0.2, 0.25) is 0 Å². The van der Waals surface area contributed by atoms with Crippen LogP contribution in [0, 0.1) is 11.3 Å². The highest BCUT2D eigenvalue weighted by atomic mass is 16.5. The molecule has 0 saturated heterocycles. The average Bonchev–Trinajstić information content (AvgIpc) is 3.08. The van der Waals surface area contributed by atoms with Gasteiger partial charge in [0.05, 0.1) is 18.8 Å². The summed E-state index contributed by atoms with van der Waals surface area (Å²) in [7, 11) is 1.61. The van der Waals surface area contributed by atoms with E-state index in [2.05, 4.69) is 6.07 Å². The molecule has 1 N–H and O–H groups in total. The molecule has 148 valence electrons. The minimum atomic E-state index is -0.980. The maximum absolute atomic E-state index is 12.7. The molecule has 2 aromatic rings. The van der Waals surface area contributed by atoms with Gasteiger partial charge in [-0.1, -0.05) is 19.3 Å².